The molecule has 0 aromatic rings. The fourth-order valence-electron chi connectivity index (χ4n) is 1.95. The van der Waals surface area contributed by atoms with Gasteiger partial charge in [0.2, 0.25) is 5.91 Å². The van der Waals surface area contributed by atoms with Crippen molar-refractivity contribution in [1.82, 2.24) is 5.32 Å². The molecule has 0 aliphatic carbocycles. The second kappa shape index (κ2) is 6.22. The zero-order valence-electron chi connectivity index (χ0n) is 9.52. The standard InChI is InChI=1S/C11H17NO5/c13-9-7(10(14)15)5-3-1-2-4-6-8(12-9)11(16)17/h7-8H,1-6H2,(H,12,13)(H,14,15)(H,16,17)/t7?,8-/m0/s1. The summed E-state index contributed by atoms with van der Waals surface area (Å²) >= 11 is 0. The Morgan fingerprint density at radius 1 is 1.00 bits per heavy atom. The van der Waals surface area contributed by atoms with Crippen LogP contribution >= 0.6 is 0 Å². The molecular weight excluding hydrogens is 226 g/mol. The highest BCUT2D eigenvalue weighted by molar-refractivity contribution is 5.98. The second-order valence-corrected chi connectivity index (χ2v) is 4.28. The molecule has 1 heterocycles. The fourth-order valence-corrected chi connectivity index (χ4v) is 1.95. The molecule has 1 amide bonds. The first-order valence-corrected chi connectivity index (χ1v) is 5.78. The zero-order chi connectivity index (χ0) is 12.8. The van der Waals surface area contributed by atoms with Crippen LogP contribution in [0.2, 0.25) is 0 Å². The van der Waals surface area contributed by atoms with Crippen molar-refractivity contribution in [3.05, 3.63) is 0 Å². The Balaban J connectivity index is 2.73. The number of hydrogen-bond donors (Lipinski definition) is 3. The summed E-state index contributed by atoms with van der Waals surface area (Å²) in [5.74, 6) is -4.11. The molecule has 17 heavy (non-hydrogen) atoms. The van der Waals surface area contributed by atoms with Gasteiger partial charge >= 0.3 is 11.9 Å². The number of rotatable bonds is 2. The molecule has 1 rings (SSSR count). The van der Waals surface area contributed by atoms with E-state index in [-0.39, 0.29) is 6.42 Å². The maximum absolute atomic E-state index is 11.6. The third-order valence-corrected chi connectivity index (χ3v) is 2.96. The number of carboxylic acids is 2. The van der Waals surface area contributed by atoms with Crippen LogP contribution in [0.25, 0.3) is 0 Å². The smallest absolute Gasteiger partial charge is 0.326 e. The Kier molecular flexibility index (Phi) is 4.93. The highest BCUT2D eigenvalue weighted by Gasteiger charge is 2.30. The van der Waals surface area contributed by atoms with Crippen LogP contribution in [0.5, 0.6) is 0 Å². The monoisotopic (exact) mass is 243 g/mol. The van der Waals surface area contributed by atoms with Gasteiger partial charge in [0.05, 0.1) is 0 Å². The number of nitrogens with one attached hydrogen (secondary N) is 1. The van der Waals surface area contributed by atoms with Gasteiger partial charge in [-0.15, -0.1) is 0 Å². The summed E-state index contributed by atoms with van der Waals surface area (Å²) < 4.78 is 0. The molecule has 0 spiro atoms. The maximum atomic E-state index is 11.6. The molecule has 3 N–H and O–H groups in total. The summed E-state index contributed by atoms with van der Waals surface area (Å²) in [4.78, 5) is 33.4. The second-order valence-electron chi connectivity index (χ2n) is 4.28. The van der Waals surface area contributed by atoms with Crippen molar-refractivity contribution in [3.63, 3.8) is 0 Å². The lowest BCUT2D eigenvalue weighted by molar-refractivity contribution is -0.150. The molecule has 2 atom stereocenters. The minimum Gasteiger partial charge on any atom is -0.481 e. The van der Waals surface area contributed by atoms with E-state index in [1.54, 1.807) is 0 Å². The maximum Gasteiger partial charge on any atom is 0.326 e. The predicted molar refractivity (Wildman–Crippen MR) is 58.4 cm³/mol. The van der Waals surface area contributed by atoms with E-state index in [2.05, 4.69) is 5.32 Å². The summed E-state index contributed by atoms with van der Waals surface area (Å²) in [5, 5.41) is 20.1. The van der Waals surface area contributed by atoms with Crippen LogP contribution in [0, 0.1) is 5.92 Å². The van der Waals surface area contributed by atoms with E-state index in [1.165, 1.54) is 0 Å². The number of carbonyl (C=O) groups excluding carboxylic acids is 1. The molecule has 1 aliphatic rings. The van der Waals surface area contributed by atoms with Crippen molar-refractivity contribution in [2.24, 2.45) is 5.92 Å². The van der Waals surface area contributed by atoms with Crippen LogP contribution in [-0.4, -0.2) is 34.1 Å². The first kappa shape index (κ1) is 13.5. The summed E-state index contributed by atoms with van der Waals surface area (Å²) in [5.41, 5.74) is 0. The predicted octanol–water partition coefficient (Wildman–Crippen LogP) is 0.611. The van der Waals surface area contributed by atoms with Gasteiger partial charge < -0.3 is 15.5 Å². The van der Waals surface area contributed by atoms with Gasteiger partial charge in [-0.3, -0.25) is 9.59 Å². The molecule has 1 fully saturated rings. The van der Waals surface area contributed by atoms with Gasteiger partial charge in [-0.2, -0.15) is 0 Å². The van der Waals surface area contributed by atoms with Crippen molar-refractivity contribution < 1.29 is 24.6 Å². The third kappa shape index (κ3) is 4.05. The van der Waals surface area contributed by atoms with E-state index >= 15 is 0 Å². The van der Waals surface area contributed by atoms with Crippen LogP contribution in [0.3, 0.4) is 0 Å². The molecule has 1 aliphatic heterocycles. The molecular formula is C11H17NO5. The summed E-state index contributed by atoms with van der Waals surface area (Å²) in [6, 6.07) is -0.970. The van der Waals surface area contributed by atoms with Crippen molar-refractivity contribution in [1.29, 1.82) is 0 Å². The lowest BCUT2D eigenvalue weighted by Gasteiger charge is -2.19. The third-order valence-electron chi connectivity index (χ3n) is 2.96. The lowest BCUT2D eigenvalue weighted by Crippen LogP contribution is -2.45. The molecule has 1 saturated heterocycles. The van der Waals surface area contributed by atoms with Gasteiger partial charge in [-0.1, -0.05) is 25.7 Å². The number of carboxylic acid groups (broad SMARTS) is 2. The fraction of sp³-hybridized carbons (Fsp3) is 0.727. The Morgan fingerprint density at radius 3 is 2.12 bits per heavy atom. The van der Waals surface area contributed by atoms with Crippen LogP contribution in [0.1, 0.15) is 38.5 Å². The quantitative estimate of drug-likeness (QED) is 0.616. The average Bonchev–Trinajstić information content (AvgIpc) is 2.25. The molecule has 6 heteroatoms. The first-order chi connectivity index (χ1) is 8.02. The Bertz CT molecular complexity index is 315. The van der Waals surface area contributed by atoms with Gasteiger partial charge in [0, 0.05) is 0 Å². The number of hydrogen-bond acceptors (Lipinski definition) is 3. The molecule has 6 nitrogen and oxygen atoms in total. The van der Waals surface area contributed by atoms with E-state index in [9.17, 15) is 14.4 Å². The van der Waals surface area contributed by atoms with Crippen molar-refractivity contribution in [2.45, 2.75) is 44.6 Å². The Labute approximate surface area is 99.0 Å². The zero-order valence-corrected chi connectivity index (χ0v) is 9.52. The van der Waals surface area contributed by atoms with E-state index in [0.717, 1.165) is 19.3 Å². The minimum atomic E-state index is -1.19. The molecule has 1 unspecified atom stereocenters. The summed E-state index contributed by atoms with van der Waals surface area (Å²) in [7, 11) is 0. The highest BCUT2D eigenvalue weighted by Crippen LogP contribution is 2.16. The SMILES string of the molecule is O=C(O)C1CCCCCC[C@@H](C(=O)O)NC1=O. The average molecular weight is 243 g/mol. The van der Waals surface area contributed by atoms with Crippen LogP contribution in [0.4, 0.5) is 0 Å². The highest BCUT2D eigenvalue weighted by atomic mass is 16.4. The minimum absolute atomic E-state index is 0.271. The first-order valence-electron chi connectivity index (χ1n) is 5.78. The van der Waals surface area contributed by atoms with E-state index in [4.69, 9.17) is 10.2 Å². The molecule has 0 aromatic carbocycles. The van der Waals surface area contributed by atoms with Crippen LogP contribution in [0.15, 0.2) is 0 Å². The molecule has 0 bridgehead atoms. The topological polar surface area (TPSA) is 104 Å². The van der Waals surface area contributed by atoms with Crippen molar-refractivity contribution in [2.75, 3.05) is 0 Å². The van der Waals surface area contributed by atoms with Crippen molar-refractivity contribution in [3.8, 4) is 0 Å². The molecule has 0 radical (unpaired) electrons. The lowest BCUT2D eigenvalue weighted by atomic mass is 9.96. The molecule has 96 valence electrons. The summed E-state index contributed by atoms with van der Waals surface area (Å²) in [6.45, 7) is 0. The number of aliphatic carboxylic acids is 2. The Hall–Kier alpha value is -1.59. The van der Waals surface area contributed by atoms with Gasteiger partial charge in [0.15, 0.2) is 0 Å². The van der Waals surface area contributed by atoms with Crippen LogP contribution < -0.4 is 5.32 Å². The number of carbonyl (C=O) groups is 3. The molecule has 0 aromatic heterocycles. The van der Waals surface area contributed by atoms with E-state index in [0.29, 0.717) is 12.8 Å². The number of amides is 1. The van der Waals surface area contributed by atoms with Crippen LogP contribution in [-0.2, 0) is 14.4 Å². The largest absolute Gasteiger partial charge is 0.481 e. The van der Waals surface area contributed by atoms with Gasteiger partial charge in [0.1, 0.15) is 12.0 Å². The van der Waals surface area contributed by atoms with Crippen molar-refractivity contribution >= 4 is 17.8 Å². The van der Waals surface area contributed by atoms with E-state index < -0.39 is 29.8 Å². The van der Waals surface area contributed by atoms with Gasteiger partial charge in [-0.05, 0) is 12.8 Å². The molecule has 0 saturated carbocycles. The normalized spacial score (nSPS) is 26.9. The Morgan fingerprint density at radius 2 is 1.59 bits per heavy atom. The van der Waals surface area contributed by atoms with Gasteiger partial charge in [0.25, 0.3) is 0 Å². The van der Waals surface area contributed by atoms with E-state index in [1.807, 2.05) is 0 Å². The summed E-state index contributed by atoms with van der Waals surface area (Å²) in [6.07, 6.45) is 3.74. The van der Waals surface area contributed by atoms with Gasteiger partial charge in [-0.25, -0.2) is 4.79 Å².